The normalized spacial score (nSPS) is 21.1. The molecule has 0 saturated heterocycles. The second-order valence-corrected chi connectivity index (χ2v) is 5.32. The highest BCUT2D eigenvalue weighted by Crippen LogP contribution is 2.20. The van der Waals surface area contributed by atoms with E-state index in [1.807, 2.05) is 0 Å². The summed E-state index contributed by atoms with van der Waals surface area (Å²) in [6.07, 6.45) is 6.83. The zero-order valence-electron chi connectivity index (χ0n) is 9.79. The Morgan fingerprint density at radius 1 is 1.36 bits per heavy atom. The molecular formula is C12H24N2. The Labute approximate surface area is 88.2 Å². The van der Waals surface area contributed by atoms with E-state index >= 15 is 0 Å². The van der Waals surface area contributed by atoms with E-state index in [1.165, 1.54) is 13.0 Å². The predicted octanol–water partition coefficient (Wildman–Crippen LogP) is 2.01. The molecule has 0 fully saturated rings. The second-order valence-electron chi connectivity index (χ2n) is 5.32. The summed E-state index contributed by atoms with van der Waals surface area (Å²) >= 11 is 0. The molecular weight excluding hydrogens is 172 g/mol. The van der Waals surface area contributed by atoms with Crippen LogP contribution in [0, 0.1) is 5.41 Å². The fourth-order valence-electron chi connectivity index (χ4n) is 1.65. The first-order valence-corrected chi connectivity index (χ1v) is 5.63. The van der Waals surface area contributed by atoms with Gasteiger partial charge in [0.1, 0.15) is 0 Å². The summed E-state index contributed by atoms with van der Waals surface area (Å²) in [4.78, 5) is 2.48. The van der Waals surface area contributed by atoms with Crippen LogP contribution in [-0.4, -0.2) is 30.6 Å². The maximum Gasteiger partial charge on any atom is 0.0163 e. The van der Waals surface area contributed by atoms with Crippen molar-refractivity contribution in [3.05, 3.63) is 12.2 Å². The molecule has 1 unspecified atom stereocenters. The lowest BCUT2D eigenvalue weighted by Gasteiger charge is -2.30. The Hall–Kier alpha value is -0.340. The first kappa shape index (κ1) is 11.7. The van der Waals surface area contributed by atoms with Crippen LogP contribution in [0.15, 0.2) is 12.2 Å². The van der Waals surface area contributed by atoms with Crippen LogP contribution < -0.4 is 5.73 Å². The highest BCUT2D eigenvalue weighted by Gasteiger charge is 2.20. The molecule has 0 bridgehead atoms. The van der Waals surface area contributed by atoms with Crippen molar-refractivity contribution in [1.82, 2.24) is 4.90 Å². The molecule has 2 heteroatoms. The van der Waals surface area contributed by atoms with E-state index in [9.17, 15) is 0 Å². The number of nitrogens with zero attached hydrogens (tertiary/aromatic N) is 1. The first-order valence-electron chi connectivity index (χ1n) is 5.63. The van der Waals surface area contributed by atoms with Crippen LogP contribution in [0.4, 0.5) is 0 Å². The fourth-order valence-corrected chi connectivity index (χ4v) is 1.65. The Morgan fingerprint density at radius 3 is 2.57 bits per heavy atom. The molecule has 0 aromatic heterocycles. The molecule has 0 aromatic rings. The Morgan fingerprint density at radius 2 is 2.07 bits per heavy atom. The van der Waals surface area contributed by atoms with Gasteiger partial charge in [-0.05, 0) is 24.8 Å². The van der Waals surface area contributed by atoms with E-state index in [0.717, 1.165) is 19.5 Å². The summed E-state index contributed by atoms with van der Waals surface area (Å²) in [7, 11) is 0. The van der Waals surface area contributed by atoms with Crippen molar-refractivity contribution in [3.8, 4) is 0 Å². The Kier molecular flexibility index (Phi) is 4.14. The standard InChI is InChI=1S/C12H24N2/c1-12(2,3)11(13)7-10-14-8-5-4-6-9-14/h4-5,11H,6-10,13H2,1-3H3. The van der Waals surface area contributed by atoms with Crippen LogP contribution in [0.3, 0.4) is 0 Å². The van der Waals surface area contributed by atoms with Crippen LogP contribution in [0.1, 0.15) is 33.6 Å². The lowest BCUT2D eigenvalue weighted by atomic mass is 9.85. The molecule has 82 valence electrons. The molecule has 0 aromatic carbocycles. The third kappa shape index (κ3) is 3.81. The van der Waals surface area contributed by atoms with Gasteiger partial charge in [-0.15, -0.1) is 0 Å². The zero-order chi connectivity index (χ0) is 10.6. The van der Waals surface area contributed by atoms with Gasteiger partial charge in [0.25, 0.3) is 0 Å². The lowest BCUT2D eigenvalue weighted by Crippen LogP contribution is -2.39. The van der Waals surface area contributed by atoms with Gasteiger partial charge in [0.15, 0.2) is 0 Å². The Balaban J connectivity index is 2.23. The highest BCUT2D eigenvalue weighted by molar-refractivity contribution is 4.91. The minimum atomic E-state index is 0.242. The average Bonchev–Trinajstić information content (AvgIpc) is 2.14. The second kappa shape index (κ2) is 4.94. The Bertz CT molecular complexity index is 191. The van der Waals surface area contributed by atoms with E-state index < -0.39 is 0 Å². The van der Waals surface area contributed by atoms with Gasteiger partial charge in [0, 0.05) is 19.1 Å². The van der Waals surface area contributed by atoms with Crippen molar-refractivity contribution in [1.29, 1.82) is 0 Å². The molecule has 0 radical (unpaired) electrons. The van der Waals surface area contributed by atoms with E-state index in [4.69, 9.17) is 5.73 Å². The first-order chi connectivity index (χ1) is 6.50. The van der Waals surface area contributed by atoms with Crippen LogP contribution in [0.25, 0.3) is 0 Å². The summed E-state index contributed by atoms with van der Waals surface area (Å²) in [6.45, 7) is 10.1. The maximum absolute atomic E-state index is 6.12. The van der Waals surface area contributed by atoms with E-state index in [0.29, 0.717) is 6.04 Å². The van der Waals surface area contributed by atoms with Gasteiger partial charge in [0.2, 0.25) is 0 Å². The molecule has 14 heavy (non-hydrogen) atoms. The van der Waals surface area contributed by atoms with Crippen molar-refractivity contribution in [3.63, 3.8) is 0 Å². The van der Waals surface area contributed by atoms with Gasteiger partial charge < -0.3 is 5.73 Å². The number of nitrogens with two attached hydrogens (primary N) is 1. The van der Waals surface area contributed by atoms with Crippen molar-refractivity contribution < 1.29 is 0 Å². The van der Waals surface area contributed by atoms with Crippen LogP contribution >= 0.6 is 0 Å². The van der Waals surface area contributed by atoms with Crippen molar-refractivity contribution in [2.24, 2.45) is 11.1 Å². The summed E-state index contributed by atoms with van der Waals surface area (Å²) in [5.74, 6) is 0. The third-order valence-corrected chi connectivity index (χ3v) is 3.01. The SMILES string of the molecule is CC(C)(C)C(N)CCN1CC=CCC1. The van der Waals surface area contributed by atoms with Crippen LogP contribution in [0.2, 0.25) is 0 Å². The van der Waals surface area contributed by atoms with Gasteiger partial charge in [0.05, 0.1) is 0 Å². The highest BCUT2D eigenvalue weighted by atomic mass is 15.1. The van der Waals surface area contributed by atoms with Crippen molar-refractivity contribution >= 4 is 0 Å². The van der Waals surface area contributed by atoms with Gasteiger partial charge >= 0.3 is 0 Å². The van der Waals surface area contributed by atoms with Crippen LogP contribution in [0.5, 0.6) is 0 Å². The summed E-state index contributed by atoms with van der Waals surface area (Å²) < 4.78 is 0. The molecule has 1 heterocycles. The van der Waals surface area contributed by atoms with Gasteiger partial charge in [-0.25, -0.2) is 0 Å². The average molecular weight is 196 g/mol. The quantitative estimate of drug-likeness (QED) is 0.700. The van der Waals surface area contributed by atoms with Gasteiger partial charge in [-0.3, -0.25) is 4.90 Å². The molecule has 1 rings (SSSR count). The topological polar surface area (TPSA) is 29.3 Å². The summed E-state index contributed by atoms with van der Waals surface area (Å²) in [5.41, 5.74) is 6.36. The molecule has 1 atom stereocenters. The van der Waals surface area contributed by atoms with Gasteiger partial charge in [-0.1, -0.05) is 32.9 Å². The van der Waals surface area contributed by atoms with Crippen molar-refractivity contribution in [2.45, 2.75) is 39.7 Å². The predicted molar refractivity (Wildman–Crippen MR) is 62.2 cm³/mol. The molecule has 2 N–H and O–H groups in total. The monoisotopic (exact) mass is 196 g/mol. The van der Waals surface area contributed by atoms with E-state index in [1.54, 1.807) is 0 Å². The maximum atomic E-state index is 6.12. The molecule has 0 amide bonds. The minimum Gasteiger partial charge on any atom is -0.327 e. The third-order valence-electron chi connectivity index (χ3n) is 3.01. The lowest BCUT2D eigenvalue weighted by molar-refractivity contribution is 0.240. The zero-order valence-corrected chi connectivity index (χ0v) is 9.79. The number of hydrogen-bond acceptors (Lipinski definition) is 2. The van der Waals surface area contributed by atoms with E-state index in [2.05, 4.69) is 37.8 Å². The molecule has 0 aliphatic carbocycles. The van der Waals surface area contributed by atoms with Crippen LogP contribution in [-0.2, 0) is 0 Å². The van der Waals surface area contributed by atoms with Crippen molar-refractivity contribution in [2.75, 3.05) is 19.6 Å². The van der Waals surface area contributed by atoms with E-state index in [-0.39, 0.29) is 5.41 Å². The number of rotatable bonds is 3. The summed E-state index contributed by atoms with van der Waals surface area (Å²) in [5, 5.41) is 0. The molecule has 1 aliphatic rings. The largest absolute Gasteiger partial charge is 0.327 e. The smallest absolute Gasteiger partial charge is 0.0163 e. The fraction of sp³-hybridized carbons (Fsp3) is 0.833. The molecule has 2 nitrogen and oxygen atoms in total. The van der Waals surface area contributed by atoms with Gasteiger partial charge in [-0.2, -0.15) is 0 Å². The number of hydrogen-bond donors (Lipinski definition) is 1. The molecule has 0 saturated carbocycles. The summed E-state index contributed by atoms with van der Waals surface area (Å²) in [6, 6.07) is 0.313. The molecule has 1 aliphatic heterocycles. The minimum absolute atomic E-state index is 0.242. The molecule has 0 spiro atoms.